The van der Waals surface area contributed by atoms with E-state index < -0.39 is 0 Å². The molecule has 0 atom stereocenters. The Morgan fingerprint density at radius 3 is 2.58 bits per heavy atom. The Morgan fingerprint density at radius 2 is 1.85 bits per heavy atom. The molecule has 2 N–H and O–H groups in total. The van der Waals surface area contributed by atoms with Gasteiger partial charge in [-0.15, -0.1) is 0 Å². The van der Waals surface area contributed by atoms with Crippen molar-refractivity contribution in [1.82, 2.24) is 9.88 Å². The average Bonchev–Trinajstić information content (AvgIpc) is 2.82. The Bertz CT molecular complexity index is 1070. The normalized spacial score (nSPS) is 10.7. The molecule has 0 saturated carbocycles. The van der Waals surface area contributed by atoms with E-state index in [1.807, 2.05) is 0 Å². The van der Waals surface area contributed by atoms with Crippen molar-refractivity contribution in [1.29, 1.82) is 0 Å². The molecule has 3 aromatic rings. The van der Waals surface area contributed by atoms with Gasteiger partial charge in [-0.05, 0) is 55.6 Å². The number of hydrogen-bond donors (Lipinski definition) is 2. The summed E-state index contributed by atoms with van der Waals surface area (Å²) in [5.74, 6) is 0.717. The Morgan fingerprint density at radius 1 is 1.03 bits per heavy atom. The van der Waals surface area contributed by atoms with Crippen molar-refractivity contribution >= 4 is 23.1 Å². The fraction of sp³-hybridized carbons (Fsp3) is 0.280. The van der Waals surface area contributed by atoms with Gasteiger partial charge in [-0.1, -0.05) is 19.9 Å². The van der Waals surface area contributed by atoms with Crippen LogP contribution in [-0.2, 0) is 0 Å². The van der Waals surface area contributed by atoms with E-state index in [-0.39, 0.29) is 11.7 Å². The lowest BCUT2D eigenvalue weighted by atomic mass is 10.2. The number of pyridine rings is 1. The van der Waals surface area contributed by atoms with Crippen molar-refractivity contribution in [2.75, 3.05) is 44.0 Å². The van der Waals surface area contributed by atoms with Gasteiger partial charge in [0, 0.05) is 30.2 Å². The molecule has 33 heavy (non-hydrogen) atoms. The monoisotopic (exact) mass is 452 g/mol. The molecule has 0 aliphatic rings. The van der Waals surface area contributed by atoms with Crippen molar-refractivity contribution in [3.63, 3.8) is 0 Å². The highest BCUT2D eigenvalue weighted by atomic mass is 19.1. The molecule has 1 aromatic heterocycles. The zero-order valence-corrected chi connectivity index (χ0v) is 19.1. The summed E-state index contributed by atoms with van der Waals surface area (Å²) in [4.78, 5) is 19.5. The lowest BCUT2D eigenvalue weighted by molar-refractivity contribution is 0.102. The first-order valence-electron chi connectivity index (χ1n) is 10.9. The largest absolute Gasteiger partial charge is 0.493 e. The number of methoxy groups -OCH3 is 1. The highest BCUT2D eigenvalue weighted by Gasteiger charge is 2.15. The van der Waals surface area contributed by atoms with E-state index in [4.69, 9.17) is 9.47 Å². The maximum absolute atomic E-state index is 13.5. The third-order valence-corrected chi connectivity index (χ3v) is 5.12. The SMILES string of the molecule is CCN(CC)CCOc1cc(NC(=O)c2cccnc2Nc2cccc(F)c2)ccc1OC. The van der Waals surface area contributed by atoms with Crippen molar-refractivity contribution in [2.45, 2.75) is 13.8 Å². The molecule has 1 amide bonds. The molecule has 7 nitrogen and oxygen atoms in total. The van der Waals surface area contributed by atoms with Gasteiger partial charge in [0.2, 0.25) is 0 Å². The van der Waals surface area contributed by atoms with E-state index >= 15 is 0 Å². The van der Waals surface area contributed by atoms with E-state index in [0.29, 0.717) is 40.9 Å². The molecule has 1 heterocycles. The van der Waals surface area contributed by atoms with Gasteiger partial charge in [0.05, 0.1) is 12.7 Å². The van der Waals surface area contributed by atoms with Crippen LogP contribution in [0, 0.1) is 5.82 Å². The van der Waals surface area contributed by atoms with Crippen molar-refractivity contribution < 1.29 is 18.7 Å². The van der Waals surface area contributed by atoms with E-state index in [0.717, 1.165) is 19.6 Å². The number of halogens is 1. The quantitative estimate of drug-likeness (QED) is 0.429. The fourth-order valence-electron chi connectivity index (χ4n) is 3.28. The number of nitrogens with zero attached hydrogens (tertiary/aromatic N) is 2. The molecule has 0 aliphatic carbocycles. The molecule has 0 bridgehead atoms. The molecule has 0 fully saturated rings. The number of aromatic nitrogens is 1. The summed E-state index contributed by atoms with van der Waals surface area (Å²) in [5, 5.41) is 5.87. The Balaban J connectivity index is 1.74. The van der Waals surface area contributed by atoms with Gasteiger partial charge in [-0.25, -0.2) is 9.37 Å². The molecule has 0 spiro atoms. The number of amides is 1. The van der Waals surface area contributed by atoms with Crippen LogP contribution in [0.2, 0.25) is 0 Å². The van der Waals surface area contributed by atoms with Gasteiger partial charge in [0.1, 0.15) is 18.2 Å². The molecule has 2 aromatic carbocycles. The molecule has 174 valence electrons. The number of nitrogens with one attached hydrogen (secondary N) is 2. The van der Waals surface area contributed by atoms with Crippen LogP contribution in [-0.4, -0.2) is 49.1 Å². The predicted molar refractivity (Wildman–Crippen MR) is 128 cm³/mol. The number of anilines is 3. The number of hydrogen-bond acceptors (Lipinski definition) is 6. The highest BCUT2D eigenvalue weighted by molar-refractivity contribution is 6.07. The summed E-state index contributed by atoms with van der Waals surface area (Å²) >= 11 is 0. The van der Waals surface area contributed by atoms with Crippen LogP contribution in [0.15, 0.2) is 60.8 Å². The minimum absolute atomic E-state index is 0.321. The molecule has 0 radical (unpaired) electrons. The van der Waals surface area contributed by atoms with Crippen LogP contribution >= 0.6 is 0 Å². The average molecular weight is 453 g/mol. The summed E-state index contributed by atoms with van der Waals surface area (Å²) in [5.41, 5.74) is 1.37. The first kappa shape index (κ1) is 24.0. The van der Waals surface area contributed by atoms with Gasteiger partial charge in [-0.2, -0.15) is 0 Å². The Kier molecular flexibility index (Phi) is 8.60. The number of rotatable bonds is 11. The van der Waals surface area contributed by atoms with Crippen LogP contribution < -0.4 is 20.1 Å². The lowest BCUT2D eigenvalue weighted by Gasteiger charge is -2.19. The Labute approximate surface area is 193 Å². The van der Waals surface area contributed by atoms with Gasteiger partial charge >= 0.3 is 0 Å². The molecule has 0 saturated heterocycles. The number of likely N-dealkylation sites (N-methyl/N-ethyl adjacent to an activating group) is 1. The second-order valence-corrected chi connectivity index (χ2v) is 7.23. The van der Waals surface area contributed by atoms with E-state index in [1.165, 1.54) is 12.1 Å². The summed E-state index contributed by atoms with van der Waals surface area (Å²) in [7, 11) is 1.57. The summed E-state index contributed by atoms with van der Waals surface area (Å²) in [6.07, 6.45) is 1.56. The minimum Gasteiger partial charge on any atom is -0.493 e. The van der Waals surface area contributed by atoms with Crippen LogP contribution in [0.4, 0.5) is 21.6 Å². The molecule has 0 unspecified atom stereocenters. The fourth-order valence-corrected chi connectivity index (χ4v) is 3.28. The van der Waals surface area contributed by atoms with Crippen molar-refractivity contribution in [3.05, 3.63) is 72.2 Å². The maximum Gasteiger partial charge on any atom is 0.259 e. The lowest BCUT2D eigenvalue weighted by Crippen LogP contribution is -2.28. The summed E-state index contributed by atoms with van der Waals surface area (Å²) < 4.78 is 24.8. The molecular weight excluding hydrogens is 423 g/mol. The zero-order chi connectivity index (χ0) is 23.6. The number of benzene rings is 2. The molecular formula is C25H29FN4O3. The first-order chi connectivity index (χ1) is 16.0. The van der Waals surface area contributed by atoms with Gasteiger partial charge in [0.15, 0.2) is 11.5 Å². The smallest absolute Gasteiger partial charge is 0.259 e. The maximum atomic E-state index is 13.5. The third-order valence-electron chi connectivity index (χ3n) is 5.12. The van der Waals surface area contributed by atoms with Crippen molar-refractivity contribution in [2.24, 2.45) is 0 Å². The highest BCUT2D eigenvalue weighted by Crippen LogP contribution is 2.31. The molecule has 8 heteroatoms. The third kappa shape index (κ3) is 6.66. The van der Waals surface area contributed by atoms with Crippen LogP contribution in [0.5, 0.6) is 11.5 Å². The molecule has 0 aliphatic heterocycles. The number of ether oxygens (including phenoxy) is 2. The zero-order valence-electron chi connectivity index (χ0n) is 19.1. The van der Waals surface area contributed by atoms with Crippen LogP contribution in [0.3, 0.4) is 0 Å². The second-order valence-electron chi connectivity index (χ2n) is 7.23. The van der Waals surface area contributed by atoms with Crippen LogP contribution in [0.1, 0.15) is 24.2 Å². The van der Waals surface area contributed by atoms with Crippen molar-refractivity contribution in [3.8, 4) is 11.5 Å². The van der Waals surface area contributed by atoms with E-state index in [2.05, 4.69) is 34.4 Å². The van der Waals surface area contributed by atoms with Gasteiger partial charge in [-0.3, -0.25) is 4.79 Å². The van der Waals surface area contributed by atoms with Gasteiger partial charge in [0.25, 0.3) is 5.91 Å². The number of carbonyl (C=O) groups is 1. The number of carbonyl (C=O) groups excluding carboxylic acids is 1. The molecule has 3 rings (SSSR count). The van der Waals surface area contributed by atoms with Crippen LogP contribution in [0.25, 0.3) is 0 Å². The topological polar surface area (TPSA) is 75.7 Å². The Hall–Kier alpha value is -3.65. The second kappa shape index (κ2) is 11.8. The van der Waals surface area contributed by atoms with E-state index in [9.17, 15) is 9.18 Å². The summed E-state index contributed by atoms with van der Waals surface area (Å²) in [6, 6.07) is 14.5. The predicted octanol–water partition coefficient (Wildman–Crippen LogP) is 4.95. The van der Waals surface area contributed by atoms with E-state index in [1.54, 1.807) is 55.8 Å². The minimum atomic E-state index is -0.381. The van der Waals surface area contributed by atoms with Gasteiger partial charge < -0.3 is 25.0 Å². The first-order valence-corrected chi connectivity index (χ1v) is 10.9. The summed E-state index contributed by atoms with van der Waals surface area (Å²) in [6.45, 7) is 7.40. The standard InChI is InChI=1S/C25H29FN4O3/c1-4-30(5-2)14-15-33-23-17-20(11-12-22(23)32-3)29-25(31)21-10-7-13-27-24(21)28-19-9-6-8-18(26)16-19/h6-13,16-17H,4-5,14-15H2,1-3H3,(H,27,28)(H,29,31).